The van der Waals surface area contributed by atoms with Crippen molar-refractivity contribution in [1.29, 1.82) is 0 Å². The predicted octanol–water partition coefficient (Wildman–Crippen LogP) is 7.22. The van der Waals surface area contributed by atoms with E-state index in [0.29, 0.717) is 0 Å². The van der Waals surface area contributed by atoms with Gasteiger partial charge < -0.3 is 4.90 Å². The van der Waals surface area contributed by atoms with Crippen LogP contribution >= 0.6 is 0 Å². The molecule has 0 aromatic rings. The molecule has 0 saturated heterocycles. The second-order valence-corrected chi connectivity index (χ2v) is 6.43. The van der Waals surface area contributed by atoms with Gasteiger partial charge in [0.2, 0.25) is 0 Å². The van der Waals surface area contributed by atoms with E-state index in [1.165, 1.54) is 96.7 Å². The first-order valence-corrected chi connectivity index (χ1v) is 10.1. The SMILES string of the molecule is C=CC.CCCCCCN(CCCCCC)CCCCCC. The van der Waals surface area contributed by atoms with Crippen LogP contribution in [0.2, 0.25) is 0 Å². The Balaban J connectivity index is 0. The van der Waals surface area contributed by atoms with Crippen molar-refractivity contribution in [2.24, 2.45) is 0 Å². The summed E-state index contributed by atoms with van der Waals surface area (Å²) < 4.78 is 0. The van der Waals surface area contributed by atoms with Gasteiger partial charge in [0, 0.05) is 0 Å². The topological polar surface area (TPSA) is 3.24 Å². The van der Waals surface area contributed by atoms with Crippen molar-refractivity contribution in [3.8, 4) is 0 Å². The molecule has 0 fully saturated rings. The van der Waals surface area contributed by atoms with Gasteiger partial charge in [-0.3, -0.25) is 0 Å². The minimum atomic E-state index is 1.35. The molecule has 0 bridgehead atoms. The van der Waals surface area contributed by atoms with Gasteiger partial charge in [0.1, 0.15) is 0 Å². The highest BCUT2D eigenvalue weighted by molar-refractivity contribution is 4.59. The number of hydrogen-bond acceptors (Lipinski definition) is 1. The van der Waals surface area contributed by atoms with Gasteiger partial charge >= 0.3 is 0 Å². The Hall–Kier alpha value is -0.300. The van der Waals surface area contributed by atoms with Crippen LogP contribution in [0.1, 0.15) is 105 Å². The monoisotopic (exact) mass is 311 g/mol. The Morgan fingerprint density at radius 2 is 0.864 bits per heavy atom. The third-order valence-electron chi connectivity index (χ3n) is 3.98. The summed E-state index contributed by atoms with van der Waals surface area (Å²) in [4.78, 5) is 2.74. The maximum atomic E-state index is 3.36. The fourth-order valence-electron chi connectivity index (χ4n) is 2.62. The highest BCUT2D eigenvalue weighted by Gasteiger charge is 2.04. The molecule has 0 unspecified atom stereocenters. The molecule has 0 spiro atoms. The van der Waals surface area contributed by atoms with Crippen molar-refractivity contribution < 1.29 is 0 Å². The lowest BCUT2D eigenvalue weighted by molar-refractivity contribution is 0.255. The zero-order chi connectivity index (χ0) is 16.9. The molecule has 0 amide bonds. The van der Waals surface area contributed by atoms with E-state index >= 15 is 0 Å². The van der Waals surface area contributed by atoms with Crippen LogP contribution in [0, 0.1) is 0 Å². The average molecular weight is 312 g/mol. The van der Waals surface area contributed by atoms with Crippen LogP contribution in [-0.4, -0.2) is 24.5 Å². The first-order valence-electron chi connectivity index (χ1n) is 10.1. The molecule has 0 aromatic carbocycles. The van der Waals surface area contributed by atoms with Crippen molar-refractivity contribution in [2.75, 3.05) is 19.6 Å². The maximum absolute atomic E-state index is 3.36. The van der Waals surface area contributed by atoms with Gasteiger partial charge in [-0.2, -0.15) is 0 Å². The molecule has 0 radical (unpaired) electrons. The van der Waals surface area contributed by atoms with E-state index in [-0.39, 0.29) is 0 Å². The zero-order valence-electron chi connectivity index (χ0n) is 16.3. The molecule has 0 aliphatic heterocycles. The lowest BCUT2D eigenvalue weighted by Gasteiger charge is -2.22. The molecule has 134 valence electrons. The summed E-state index contributed by atoms with van der Waals surface area (Å²) in [7, 11) is 0. The smallest absolute Gasteiger partial charge is 0.00187 e. The van der Waals surface area contributed by atoms with Crippen LogP contribution in [0.3, 0.4) is 0 Å². The molecule has 22 heavy (non-hydrogen) atoms. The number of allylic oxidation sites excluding steroid dienone is 1. The molecule has 0 aliphatic rings. The second-order valence-electron chi connectivity index (χ2n) is 6.43. The van der Waals surface area contributed by atoms with Crippen molar-refractivity contribution in [3.05, 3.63) is 12.7 Å². The van der Waals surface area contributed by atoms with Crippen LogP contribution in [0.15, 0.2) is 12.7 Å². The third kappa shape index (κ3) is 22.0. The summed E-state index contributed by atoms with van der Waals surface area (Å²) in [6, 6.07) is 0. The van der Waals surface area contributed by atoms with Gasteiger partial charge in [-0.25, -0.2) is 0 Å². The molecule has 0 atom stereocenters. The summed E-state index contributed by atoms with van der Waals surface area (Å²) in [5.74, 6) is 0. The third-order valence-corrected chi connectivity index (χ3v) is 3.98. The fraction of sp³-hybridized carbons (Fsp3) is 0.905. The second kappa shape index (κ2) is 23.0. The summed E-state index contributed by atoms with van der Waals surface area (Å²) >= 11 is 0. The van der Waals surface area contributed by atoms with Crippen molar-refractivity contribution in [1.82, 2.24) is 4.90 Å². The van der Waals surface area contributed by atoms with Gasteiger partial charge in [0.05, 0.1) is 0 Å². The average Bonchev–Trinajstić information content (AvgIpc) is 2.52. The molecule has 1 heteroatoms. The van der Waals surface area contributed by atoms with E-state index in [9.17, 15) is 0 Å². The van der Waals surface area contributed by atoms with Crippen molar-refractivity contribution in [3.63, 3.8) is 0 Å². The highest BCUT2D eigenvalue weighted by atomic mass is 15.1. The maximum Gasteiger partial charge on any atom is -0.00187 e. The first kappa shape index (κ1) is 24.0. The lowest BCUT2D eigenvalue weighted by Crippen LogP contribution is -2.27. The van der Waals surface area contributed by atoms with E-state index in [4.69, 9.17) is 0 Å². The molecule has 0 saturated carbocycles. The Morgan fingerprint density at radius 1 is 0.591 bits per heavy atom. The first-order chi connectivity index (χ1) is 10.8. The van der Waals surface area contributed by atoms with Gasteiger partial charge in [-0.05, 0) is 45.8 Å². The predicted molar refractivity (Wildman–Crippen MR) is 105 cm³/mol. The standard InChI is InChI=1S/C18H39N.C3H6/c1-4-7-10-13-16-19(17-14-11-8-5-2)18-15-12-9-6-3;1-3-2/h4-18H2,1-3H3;3H,1H2,2H3. The summed E-state index contributed by atoms with van der Waals surface area (Å²) in [6.07, 6.45) is 18.6. The van der Waals surface area contributed by atoms with E-state index in [1.807, 2.05) is 6.92 Å². The van der Waals surface area contributed by atoms with Crippen molar-refractivity contribution >= 4 is 0 Å². The normalized spacial score (nSPS) is 10.4. The van der Waals surface area contributed by atoms with Gasteiger partial charge in [0.25, 0.3) is 0 Å². The Labute approximate surface area is 142 Å². The molecule has 0 N–H and O–H groups in total. The largest absolute Gasteiger partial charge is 0.303 e. The summed E-state index contributed by atoms with van der Waals surface area (Å²) in [5.41, 5.74) is 0. The van der Waals surface area contributed by atoms with Gasteiger partial charge in [0.15, 0.2) is 0 Å². The Bertz CT molecular complexity index is 160. The van der Waals surface area contributed by atoms with E-state index < -0.39 is 0 Å². The van der Waals surface area contributed by atoms with Crippen LogP contribution in [0.4, 0.5) is 0 Å². The Kier molecular flexibility index (Phi) is 25.0. The zero-order valence-corrected chi connectivity index (χ0v) is 16.3. The van der Waals surface area contributed by atoms with E-state index in [1.54, 1.807) is 6.08 Å². The summed E-state index contributed by atoms with van der Waals surface area (Å²) in [5, 5.41) is 0. The van der Waals surface area contributed by atoms with Crippen LogP contribution in [-0.2, 0) is 0 Å². The molecule has 0 aromatic heterocycles. The molecule has 0 aliphatic carbocycles. The molecule has 0 rings (SSSR count). The minimum Gasteiger partial charge on any atom is -0.303 e. The summed E-state index contributed by atoms with van der Waals surface area (Å²) in [6.45, 7) is 16.2. The fourth-order valence-corrected chi connectivity index (χ4v) is 2.62. The highest BCUT2D eigenvalue weighted by Crippen LogP contribution is 2.08. The molecule has 0 heterocycles. The van der Waals surface area contributed by atoms with Crippen LogP contribution in [0.25, 0.3) is 0 Å². The van der Waals surface area contributed by atoms with Crippen LogP contribution < -0.4 is 0 Å². The number of rotatable bonds is 15. The Morgan fingerprint density at radius 3 is 1.09 bits per heavy atom. The minimum absolute atomic E-state index is 1.35. The van der Waals surface area contributed by atoms with Crippen LogP contribution in [0.5, 0.6) is 0 Å². The molecular formula is C21H45N. The number of unbranched alkanes of at least 4 members (excludes halogenated alkanes) is 9. The quantitative estimate of drug-likeness (QED) is 0.228. The number of hydrogen-bond donors (Lipinski definition) is 0. The van der Waals surface area contributed by atoms with Crippen molar-refractivity contribution in [2.45, 2.75) is 105 Å². The lowest BCUT2D eigenvalue weighted by atomic mass is 10.1. The molecule has 1 nitrogen and oxygen atoms in total. The number of nitrogens with zero attached hydrogens (tertiary/aromatic N) is 1. The van der Waals surface area contributed by atoms with Gasteiger partial charge in [-0.15, -0.1) is 6.58 Å². The van der Waals surface area contributed by atoms with Gasteiger partial charge in [-0.1, -0.05) is 84.6 Å². The van der Waals surface area contributed by atoms with E-state index in [2.05, 4.69) is 32.3 Å². The van der Waals surface area contributed by atoms with E-state index in [0.717, 1.165) is 0 Å². The molecular weight excluding hydrogens is 266 g/mol.